The lowest BCUT2D eigenvalue weighted by Crippen LogP contribution is -2.28. The molecular formula is C21H23BrN2O2. The minimum Gasteiger partial charge on any atom is -0.478 e. The molecule has 136 valence electrons. The minimum atomic E-state index is -0.907. The number of carboxylic acids is 1. The van der Waals surface area contributed by atoms with E-state index >= 15 is 0 Å². The van der Waals surface area contributed by atoms with Crippen LogP contribution in [0.1, 0.15) is 18.4 Å². The van der Waals surface area contributed by atoms with Gasteiger partial charge in [-0.1, -0.05) is 52.4 Å². The molecule has 0 amide bonds. The fourth-order valence-electron chi connectivity index (χ4n) is 3.29. The minimum absolute atomic E-state index is 0.574. The van der Waals surface area contributed by atoms with Crippen LogP contribution >= 0.6 is 15.9 Å². The van der Waals surface area contributed by atoms with Crippen molar-refractivity contribution < 1.29 is 9.90 Å². The van der Waals surface area contributed by atoms with Gasteiger partial charge in [-0.2, -0.15) is 0 Å². The molecule has 1 aromatic rings. The van der Waals surface area contributed by atoms with Crippen molar-refractivity contribution in [1.29, 1.82) is 0 Å². The van der Waals surface area contributed by atoms with Gasteiger partial charge in [0.05, 0.1) is 0 Å². The van der Waals surface area contributed by atoms with Crippen LogP contribution in [0, 0.1) is 0 Å². The second-order valence-electron chi connectivity index (χ2n) is 6.33. The van der Waals surface area contributed by atoms with Gasteiger partial charge in [0.15, 0.2) is 0 Å². The first kappa shape index (κ1) is 18.7. The summed E-state index contributed by atoms with van der Waals surface area (Å²) in [7, 11) is 0. The van der Waals surface area contributed by atoms with Crippen molar-refractivity contribution in [1.82, 2.24) is 5.32 Å². The molecule has 2 aliphatic rings. The van der Waals surface area contributed by atoms with Crippen LogP contribution in [0.5, 0.6) is 0 Å². The quantitative estimate of drug-likeness (QED) is 0.519. The lowest BCUT2D eigenvalue weighted by molar-refractivity contribution is -0.131. The van der Waals surface area contributed by atoms with E-state index in [1.165, 1.54) is 28.6 Å². The van der Waals surface area contributed by atoms with E-state index in [9.17, 15) is 4.79 Å². The summed E-state index contributed by atoms with van der Waals surface area (Å²) in [5.41, 5.74) is 5.28. The van der Waals surface area contributed by atoms with E-state index in [1.54, 1.807) is 6.08 Å². The van der Waals surface area contributed by atoms with E-state index in [4.69, 9.17) is 5.11 Å². The number of carbonyl (C=O) groups is 1. The molecule has 26 heavy (non-hydrogen) atoms. The maximum atomic E-state index is 10.5. The molecule has 0 saturated heterocycles. The number of nitrogens with one attached hydrogen (secondary N) is 1. The van der Waals surface area contributed by atoms with Gasteiger partial charge in [-0.05, 0) is 49.1 Å². The highest BCUT2D eigenvalue weighted by Crippen LogP contribution is 2.36. The van der Waals surface area contributed by atoms with Gasteiger partial charge in [0.2, 0.25) is 0 Å². The molecule has 4 nitrogen and oxygen atoms in total. The Hall–Kier alpha value is -2.11. The smallest absolute Gasteiger partial charge is 0.328 e. The second kappa shape index (κ2) is 9.01. The Labute approximate surface area is 162 Å². The van der Waals surface area contributed by atoms with E-state index in [1.807, 2.05) is 0 Å². The summed E-state index contributed by atoms with van der Waals surface area (Å²) in [5, 5.41) is 11.9. The molecule has 0 atom stereocenters. The van der Waals surface area contributed by atoms with Crippen LogP contribution in [-0.4, -0.2) is 30.7 Å². The molecule has 1 aromatic carbocycles. The molecule has 0 aromatic heterocycles. The van der Waals surface area contributed by atoms with Crippen molar-refractivity contribution in [2.45, 2.75) is 19.3 Å². The predicted molar refractivity (Wildman–Crippen MR) is 110 cm³/mol. The molecule has 0 unspecified atom stereocenters. The van der Waals surface area contributed by atoms with Crippen molar-refractivity contribution in [2.75, 3.05) is 24.5 Å². The number of halogens is 1. The number of rotatable bonds is 7. The Bertz CT molecular complexity index is 793. The number of para-hydroxylation sites is 1. The van der Waals surface area contributed by atoms with Crippen molar-refractivity contribution >= 4 is 27.6 Å². The Morgan fingerprint density at radius 2 is 2.12 bits per heavy atom. The van der Waals surface area contributed by atoms with E-state index in [-0.39, 0.29) is 0 Å². The zero-order valence-corrected chi connectivity index (χ0v) is 16.2. The molecule has 1 aliphatic heterocycles. The van der Waals surface area contributed by atoms with Crippen LogP contribution in [0.3, 0.4) is 0 Å². The maximum Gasteiger partial charge on any atom is 0.328 e. The van der Waals surface area contributed by atoms with E-state index < -0.39 is 5.97 Å². The Morgan fingerprint density at radius 3 is 2.96 bits per heavy atom. The molecule has 5 heteroatoms. The largest absolute Gasteiger partial charge is 0.478 e. The first-order valence-corrected chi connectivity index (χ1v) is 9.67. The second-order valence-corrected chi connectivity index (χ2v) is 7.25. The third kappa shape index (κ3) is 4.74. The molecule has 0 radical (unpaired) electrons. The van der Waals surface area contributed by atoms with Crippen molar-refractivity contribution in [3.63, 3.8) is 0 Å². The molecule has 0 fully saturated rings. The van der Waals surface area contributed by atoms with Crippen molar-refractivity contribution in [3.8, 4) is 0 Å². The fraction of sp³-hybridized carbons (Fsp3) is 0.286. The summed E-state index contributed by atoms with van der Waals surface area (Å²) in [6.07, 6.45) is 12.5. The standard InChI is InChI=1S/C21H23BrN2O2/c22-18-11-10-17-9-8-16-5-1-2-6-19(16)24(20(17)15-18)14-4-13-23-12-3-7-21(25)26/h1-3,5-7,9,11,15,23H,4,8,10,12-14H2,(H,25,26)/b7-3+. The first-order chi connectivity index (χ1) is 12.6. The third-order valence-corrected chi connectivity index (χ3v) is 5.07. The molecule has 3 rings (SSSR count). The topological polar surface area (TPSA) is 52.6 Å². The summed E-state index contributed by atoms with van der Waals surface area (Å²) in [5.74, 6) is -0.907. The highest BCUT2D eigenvalue weighted by molar-refractivity contribution is 9.11. The van der Waals surface area contributed by atoms with Gasteiger partial charge in [0.1, 0.15) is 0 Å². The van der Waals surface area contributed by atoms with E-state index in [0.29, 0.717) is 6.54 Å². The number of anilines is 1. The van der Waals surface area contributed by atoms with Crippen LogP contribution in [0.4, 0.5) is 5.69 Å². The molecular weight excluding hydrogens is 392 g/mol. The first-order valence-electron chi connectivity index (χ1n) is 8.87. The molecule has 1 heterocycles. The zero-order chi connectivity index (χ0) is 18.4. The highest BCUT2D eigenvalue weighted by Gasteiger charge is 2.22. The molecule has 0 saturated carbocycles. The Balaban J connectivity index is 1.69. The highest BCUT2D eigenvalue weighted by atomic mass is 79.9. The maximum absolute atomic E-state index is 10.5. The monoisotopic (exact) mass is 414 g/mol. The fourth-order valence-corrected chi connectivity index (χ4v) is 3.67. The molecule has 1 aliphatic carbocycles. The van der Waals surface area contributed by atoms with Gasteiger partial charge in [0.25, 0.3) is 0 Å². The number of aliphatic carboxylic acids is 1. The average molecular weight is 415 g/mol. The number of fused-ring (bicyclic) bond motifs is 2. The number of benzene rings is 1. The lowest BCUT2D eigenvalue weighted by atomic mass is 10.0. The lowest BCUT2D eigenvalue weighted by Gasteiger charge is -2.30. The average Bonchev–Trinajstić information content (AvgIpc) is 2.78. The van der Waals surface area contributed by atoms with Crippen LogP contribution < -0.4 is 10.2 Å². The third-order valence-electron chi connectivity index (χ3n) is 4.52. The van der Waals surface area contributed by atoms with Gasteiger partial charge < -0.3 is 15.3 Å². The summed E-state index contributed by atoms with van der Waals surface area (Å²) < 4.78 is 1.13. The number of hydrogen-bond donors (Lipinski definition) is 2. The van der Waals surface area contributed by atoms with E-state index in [0.717, 1.165) is 36.8 Å². The van der Waals surface area contributed by atoms with Crippen LogP contribution in [0.2, 0.25) is 0 Å². The summed E-state index contributed by atoms with van der Waals surface area (Å²) in [6, 6.07) is 8.60. The summed E-state index contributed by atoms with van der Waals surface area (Å²) in [6.45, 7) is 2.33. The van der Waals surface area contributed by atoms with Crippen LogP contribution in [0.15, 0.2) is 70.4 Å². The summed E-state index contributed by atoms with van der Waals surface area (Å²) in [4.78, 5) is 12.9. The Morgan fingerprint density at radius 1 is 1.27 bits per heavy atom. The van der Waals surface area contributed by atoms with Crippen molar-refractivity contribution in [3.05, 3.63) is 76.0 Å². The molecule has 0 bridgehead atoms. The normalized spacial score (nSPS) is 16.3. The molecule has 2 N–H and O–H groups in total. The van der Waals surface area contributed by atoms with Crippen LogP contribution in [0.25, 0.3) is 0 Å². The predicted octanol–water partition coefficient (Wildman–Crippen LogP) is 4.16. The van der Waals surface area contributed by atoms with Crippen molar-refractivity contribution in [2.24, 2.45) is 0 Å². The Kier molecular flexibility index (Phi) is 6.47. The zero-order valence-electron chi connectivity index (χ0n) is 14.6. The number of carboxylic acid groups (broad SMARTS) is 1. The number of nitrogens with zero attached hydrogens (tertiary/aromatic N) is 1. The van der Waals surface area contributed by atoms with Crippen LogP contribution in [-0.2, 0) is 11.2 Å². The number of hydrogen-bond acceptors (Lipinski definition) is 3. The summed E-state index contributed by atoms with van der Waals surface area (Å²) >= 11 is 3.63. The van der Waals surface area contributed by atoms with Gasteiger partial charge >= 0.3 is 5.97 Å². The van der Waals surface area contributed by atoms with Gasteiger partial charge in [-0.15, -0.1) is 0 Å². The van der Waals surface area contributed by atoms with Gasteiger partial charge in [0, 0.05) is 35.0 Å². The number of allylic oxidation sites excluding steroid dienone is 5. The SMILES string of the molecule is O=C(O)/C=C/CNCCCN1C2=CC(Br)=CCC2=CCc2ccccc21. The van der Waals surface area contributed by atoms with E-state index in [2.05, 4.69) is 68.6 Å². The molecule has 0 spiro atoms. The van der Waals surface area contributed by atoms with Gasteiger partial charge in [-0.25, -0.2) is 4.79 Å². The van der Waals surface area contributed by atoms with Gasteiger partial charge in [-0.3, -0.25) is 0 Å².